The predicted molar refractivity (Wildman–Crippen MR) is 79.0 cm³/mol. The number of nitrogens with zero attached hydrogens (tertiary/aromatic N) is 2. The Balaban J connectivity index is 2.21. The van der Waals surface area contributed by atoms with Gasteiger partial charge in [-0.3, -0.25) is 4.98 Å². The Morgan fingerprint density at radius 2 is 2.33 bits per heavy atom. The van der Waals surface area contributed by atoms with Gasteiger partial charge in [0.2, 0.25) is 0 Å². The van der Waals surface area contributed by atoms with Gasteiger partial charge in [-0.1, -0.05) is 12.2 Å². The molecule has 0 fully saturated rings. The molecule has 6 heteroatoms. The number of thiazole rings is 1. The second kappa shape index (κ2) is 5.41. The van der Waals surface area contributed by atoms with Gasteiger partial charge in [0, 0.05) is 17.3 Å². The Morgan fingerprint density at radius 1 is 1.56 bits per heavy atom. The molecule has 0 aliphatic rings. The lowest BCUT2D eigenvalue weighted by Gasteiger charge is -2.15. The third-order valence-corrected chi connectivity index (χ3v) is 3.76. The molecule has 0 saturated carbocycles. The molecule has 2 heterocycles. The summed E-state index contributed by atoms with van der Waals surface area (Å²) in [6, 6.07) is 3.86. The Hall–Kier alpha value is -1.53. The van der Waals surface area contributed by atoms with Crippen molar-refractivity contribution in [3.8, 4) is 0 Å². The van der Waals surface area contributed by atoms with Crippen molar-refractivity contribution in [2.75, 3.05) is 5.32 Å². The van der Waals surface area contributed by atoms with E-state index in [0.717, 1.165) is 16.4 Å². The number of thiocarbonyl (C=S) groups is 1. The molecule has 2 aromatic rings. The summed E-state index contributed by atoms with van der Waals surface area (Å²) in [6.45, 7) is 4.03. The summed E-state index contributed by atoms with van der Waals surface area (Å²) in [5, 5.41) is 6.40. The standard InChI is InChI=1S/C12H14N4S2/c1-7-6-18-12(15-7)8(2)16-9-4-3-5-14-10(9)11(13)17/h3-6,8,16H,1-2H3,(H2,13,17). The van der Waals surface area contributed by atoms with Crippen molar-refractivity contribution in [2.24, 2.45) is 5.73 Å². The summed E-state index contributed by atoms with van der Waals surface area (Å²) < 4.78 is 0. The first-order valence-corrected chi connectivity index (χ1v) is 6.80. The fraction of sp³-hybridized carbons (Fsp3) is 0.250. The van der Waals surface area contributed by atoms with E-state index >= 15 is 0 Å². The summed E-state index contributed by atoms with van der Waals surface area (Å²) in [6.07, 6.45) is 1.68. The molecule has 2 aromatic heterocycles. The zero-order valence-corrected chi connectivity index (χ0v) is 11.8. The lowest BCUT2D eigenvalue weighted by atomic mass is 10.2. The molecule has 4 nitrogen and oxygen atoms in total. The molecule has 3 N–H and O–H groups in total. The van der Waals surface area contributed by atoms with Gasteiger partial charge in [-0.25, -0.2) is 4.98 Å². The van der Waals surface area contributed by atoms with Crippen LogP contribution in [-0.2, 0) is 0 Å². The number of pyridine rings is 1. The van der Waals surface area contributed by atoms with Crippen LogP contribution in [0.4, 0.5) is 5.69 Å². The first-order chi connectivity index (χ1) is 8.58. The van der Waals surface area contributed by atoms with E-state index in [1.165, 1.54) is 0 Å². The average molecular weight is 278 g/mol. The maximum Gasteiger partial charge on any atom is 0.124 e. The molecule has 0 aliphatic heterocycles. The lowest BCUT2D eigenvalue weighted by Crippen LogP contribution is -2.16. The maximum absolute atomic E-state index is 5.65. The molecule has 0 radical (unpaired) electrons. The Labute approximate surface area is 115 Å². The summed E-state index contributed by atoms with van der Waals surface area (Å²) in [5.74, 6) is 0. The zero-order valence-electron chi connectivity index (χ0n) is 10.2. The van der Waals surface area contributed by atoms with Crippen molar-refractivity contribution < 1.29 is 0 Å². The highest BCUT2D eigenvalue weighted by atomic mass is 32.1. The van der Waals surface area contributed by atoms with Crippen molar-refractivity contribution in [1.82, 2.24) is 9.97 Å². The SMILES string of the molecule is Cc1csc(C(C)Nc2cccnc2C(N)=S)n1. The number of nitrogens with one attached hydrogen (secondary N) is 1. The van der Waals surface area contributed by atoms with Gasteiger partial charge in [0.1, 0.15) is 15.7 Å². The third kappa shape index (κ3) is 2.83. The summed E-state index contributed by atoms with van der Waals surface area (Å²) in [7, 11) is 0. The quantitative estimate of drug-likeness (QED) is 0.842. The van der Waals surface area contributed by atoms with Crippen molar-refractivity contribution in [1.29, 1.82) is 0 Å². The van der Waals surface area contributed by atoms with Crippen LogP contribution in [0.1, 0.15) is 29.4 Å². The second-order valence-electron chi connectivity index (χ2n) is 3.96. The van der Waals surface area contributed by atoms with Gasteiger partial charge in [-0.05, 0) is 26.0 Å². The van der Waals surface area contributed by atoms with Crippen molar-refractivity contribution in [3.05, 3.63) is 40.1 Å². The summed E-state index contributed by atoms with van der Waals surface area (Å²) in [5.41, 5.74) is 8.14. The van der Waals surface area contributed by atoms with Crippen LogP contribution in [0.2, 0.25) is 0 Å². The molecule has 0 aliphatic carbocycles. The van der Waals surface area contributed by atoms with Crippen molar-refractivity contribution in [3.63, 3.8) is 0 Å². The summed E-state index contributed by atoms with van der Waals surface area (Å²) in [4.78, 5) is 8.93. The second-order valence-corrected chi connectivity index (χ2v) is 5.29. The van der Waals surface area contributed by atoms with Gasteiger partial charge in [0.15, 0.2) is 0 Å². The number of aryl methyl sites for hydroxylation is 1. The van der Waals surface area contributed by atoms with E-state index in [0.29, 0.717) is 10.7 Å². The first-order valence-electron chi connectivity index (χ1n) is 5.51. The van der Waals surface area contributed by atoms with Gasteiger partial charge in [0.25, 0.3) is 0 Å². The molecular formula is C12H14N4S2. The van der Waals surface area contributed by atoms with Gasteiger partial charge >= 0.3 is 0 Å². The van der Waals surface area contributed by atoms with Crippen LogP contribution in [0.3, 0.4) is 0 Å². The molecule has 2 rings (SSSR count). The fourth-order valence-corrected chi connectivity index (χ4v) is 2.55. The molecule has 0 spiro atoms. The number of aromatic nitrogens is 2. The van der Waals surface area contributed by atoms with Gasteiger partial charge in [0.05, 0.1) is 11.7 Å². The number of nitrogens with two attached hydrogens (primary N) is 1. The van der Waals surface area contributed by atoms with Crippen LogP contribution in [0, 0.1) is 6.92 Å². The molecule has 0 aromatic carbocycles. The van der Waals surface area contributed by atoms with E-state index in [4.69, 9.17) is 18.0 Å². The largest absolute Gasteiger partial charge is 0.388 e. The Bertz CT molecular complexity index is 565. The summed E-state index contributed by atoms with van der Waals surface area (Å²) >= 11 is 6.62. The van der Waals surface area contributed by atoms with Gasteiger partial charge < -0.3 is 11.1 Å². The minimum atomic E-state index is 0.0981. The maximum atomic E-state index is 5.65. The van der Waals surface area contributed by atoms with E-state index < -0.39 is 0 Å². The molecule has 0 bridgehead atoms. The van der Waals surface area contributed by atoms with Crippen LogP contribution in [0.25, 0.3) is 0 Å². The molecule has 1 unspecified atom stereocenters. The Kier molecular flexibility index (Phi) is 3.88. The molecule has 0 amide bonds. The smallest absolute Gasteiger partial charge is 0.124 e. The highest BCUT2D eigenvalue weighted by Gasteiger charge is 2.12. The van der Waals surface area contributed by atoms with Gasteiger partial charge in [-0.15, -0.1) is 11.3 Å². The predicted octanol–water partition coefficient (Wildman–Crippen LogP) is 2.65. The number of rotatable bonds is 4. The van der Waals surface area contributed by atoms with E-state index in [9.17, 15) is 0 Å². The van der Waals surface area contributed by atoms with Crippen molar-refractivity contribution >= 4 is 34.2 Å². The number of anilines is 1. The zero-order chi connectivity index (χ0) is 13.1. The first kappa shape index (κ1) is 12.9. The molecule has 18 heavy (non-hydrogen) atoms. The molecular weight excluding hydrogens is 264 g/mol. The van der Waals surface area contributed by atoms with E-state index in [1.807, 2.05) is 24.4 Å². The monoisotopic (exact) mass is 278 g/mol. The normalized spacial score (nSPS) is 12.1. The number of hydrogen-bond acceptors (Lipinski definition) is 5. The highest BCUT2D eigenvalue weighted by Crippen LogP contribution is 2.23. The van der Waals surface area contributed by atoms with E-state index in [-0.39, 0.29) is 6.04 Å². The highest BCUT2D eigenvalue weighted by molar-refractivity contribution is 7.80. The van der Waals surface area contributed by atoms with Crippen LogP contribution in [0.5, 0.6) is 0 Å². The number of hydrogen-bond donors (Lipinski definition) is 2. The van der Waals surface area contributed by atoms with Gasteiger partial charge in [-0.2, -0.15) is 0 Å². The molecule has 94 valence electrons. The third-order valence-electron chi connectivity index (χ3n) is 2.42. The average Bonchev–Trinajstić information content (AvgIpc) is 2.76. The fourth-order valence-electron chi connectivity index (χ4n) is 1.58. The molecule has 0 saturated heterocycles. The van der Waals surface area contributed by atoms with Crippen LogP contribution < -0.4 is 11.1 Å². The minimum Gasteiger partial charge on any atom is -0.388 e. The minimum absolute atomic E-state index is 0.0981. The van der Waals surface area contributed by atoms with Crippen LogP contribution in [-0.4, -0.2) is 15.0 Å². The lowest BCUT2D eigenvalue weighted by molar-refractivity contribution is 0.862. The van der Waals surface area contributed by atoms with Crippen LogP contribution >= 0.6 is 23.6 Å². The van der Waals surface area contributed by atoms with Crippen molar-refractivity contribution in [2.45, 2.75) is 19.9 Å². The van der Waals surface area contributed by atoms with E-state index in [2.05, 4.69) is 22.2 Å². The van der Waals surface area contributed by atoms with E-state index in [1.54, 1.807) is 17.5 Å². The Morgan fingerprint density at radius 3 is 2.94 bits per heavy atom. The van der Waals surface area contributed by atoms with Crippen LogP contribution in [0.15, 0.2) is 23.7 Å². The topological polar surface area (TPSA) is 63.8 Å². The molecule has 1 atom stereocenters.